The Bertz CT molecular complexity index is 472. The monoisotopic (exact) mass is 363 g/mol. The minimum Gasteiger partial charge on any atom is -0.480 e. The van der Waals surface area contributed by atoms with Crippen LogP contribution in [0.3, 0.4) is 0 Å². The average molecular weight is 363 g/mol. The smallest absolute Gasteiger partial charge is 0.322 e. The molecule has 0 saturated heterocycles. The van der Waals surface area contributed by atoms with Gasteiger partial charge in [0.05, 0.1) is 0 Å². The van der Waals surface area contributed by atoms with E-state index in [0.717, 1.165) is 6.29 Å². The highest BCUT2D eigenvalue weighted by Gasteiger charge is 2.22. The van der Waals surface area contributed by atoms with E-state index in [1.165, 1.54) is 11.8 Å². The Kier molecular flexibility index (Phi) is 11.2. The summed E-state index contributed by atoms with van der Waals surface area (Å²) in [6.07, 6.45) is 0.728. The fourth-order valence-electron chi connectivity index (χ4n) is 1.48. The molecule has 0 bridgehead atoms. The molecular weight excluding hydrogens is 342 g/mol. The van der Waals surface area contributed by atoms with Crippen molar-refractivity contribution in [2.75, 3.05) is 18.1 Å². The first-order valence-corrected chi connectivity index (χ1v) is 8.22. The van der Waals surface area contributed by atoms with E-state index in [1.807, 2.05) is 0 Å². The molecule has 0 aromatic heterocycles. The molecule has 2 atom stereocenters. The molecule has 0 aliphatic heterocycles. The molecule has 2 amide bonds. The number of carboxylic acid groups (broad SMARTS) is 2. The molecule has 0 rings (SSSR count). The van der Waals surface area contributed by atoms with E-state index >= 15 is 0 Å². The van der Waals surface area contributed by atoms with Crippen LogP contribution in [-0.4, -0.2) is 70.4 Å². The summed E-state index contributed by atoms with van der Waals surface area (Å²) in [6.45, 7) is -0.589. The third kappa shape index (κ3) is 10.6. The van der Waals surface area contributed by atoms with Gasteiger partial charge in [0, 0.05) is 18.6 Å². The molecule has 24 heavy (non-hydrogen) atoms. The van der Waals surface area contributed by atoms with Crippen LogP contribution in [0, 0.1) is 0 Å². The van der Waals surface area contributed by atoms with E-state index in [1.54, 1.807) is 0 Å². The van der Waals surface area contributed by atoms with Crippen LogP contribution in [0.2, 0.25) is 0 Å². The van der Waals surface area contributed by atoms with Gasteiger partial charge in [-0.2, -0.15) is 11.8 Å². The molecule has 0 fully saturated rings. The zero-order valence-electron chi connectivity index (χ0n) is 12.9. The van der Waals surface area contributed by atoms with Crippen LogP contribution in [0.4, 0.5) is 0 Å². The van der Waals surface area contributed by atoms with Crippen LogP contribution in [0.5, 0.6) is 0 Å². The third-order valence-electron chi connectivity index (χ3n) is 2.73. The highest BCUT2D eigenvalue weighted by molar-refractivity contribution is 7.99. The van der Waals surface area contributed by atoms with Gasteiger partial charge in [-0.3, -0.25) is 19.2 Å². The van der Waals surface area contributed by atoms with Gasteiger partial charge in [-0.25, -0.2) is 0 Å². The van der Waals surface area contributed by atoms with E-state index in [-0.39, 0.29) is 25.0 Å². The first-order chi connectivity index (χ1) is 11.3. The van der Waals surface area contributed by atoms with Gasteiger partial charge in [0.1, 0.15) is 24.9 Å². The number of nitrogens with one attached hydrogen (secondary N) is 2. The van der Waals surface area contributed by atoms with E-state index in [9.17, 15) is 24.0 Å². The van der Waals surface area contributed by atoms with Gasteiger partial charge in [0.2, 0.25) is 11.8 Å². The number of aldehydes is 1. The lowest BCUT2D eigenvalue weighted by Gasteiger charge is -2.18. The summed E-state index contributed by atoms with van der Waals surface area (Å²) in [5.41, 5.74) is 5.29. The van der Waals surface area contributed by atoms with Gasteiger partial charge in [-0.15, -0.1) is 0 Å². The van der Waals surface area contributed by atoms with Gasteiger partial charge < -0.3 is 31.4 Å². The molecule has 0 aliphatic carbocycles. The second-order valence-electron chi connectivity index (χ2n) is 4.75. The van der Waals surface area contributed by atoms with Crippen molar-refractivity contribution >= 4 is 41.8 Å². The number of carbonyl (C=O) groups is 5. The predicted octanol–water partition coefficient (Wildman–Crippen LogP) is -1.81. The summed E-state index contributed by atoms with van der Waals surface area (Å²) in [4.78, 5) is 55.0. The van der Waals surface area contributed by atoms with Crippen molar-refractivity contribution in [1.82, 2.24) is 10.6 Å². The second kappa shape index (κ2) is 12.3. The van der Waals surface area contributed by atoms with Crippen molar-refractivity contribution in [1.29, 1.82) is 0 Å². The van der Waals surface area contributed by atoms with Crippen molar-refractivity contribution in [2.24, 2.45) is 5.73 Å². The first-order valence-electron chi connectivity index (χ1n) is 7.06. The van der Waals surface area contributed by atoms with Crippen molar-refractivity contribution in [3.05, 3.63) is 0 Å². The Hall–Kier alpha value is -2.14. The summed E-state index contributed by atoms with van der Waals surface area (Å²) in [5.74, 6) is -3.11. The fourth-order valence-corrected chi connectivity index (χ4v) is 2.38. The largest absolute Gasteiger partial charge is 0.480 e. The maximum absolute atomic E-state index is 11.9. The van der Waals surface area contributed by atoms with Crippen molar-refractivity contribution in [3.63, 3.8) is 0 Å². The fraction of sp³-hybridized carbons (Fsp3) is 0.615. The highest BCUT2D eigenvalue weighted by atomic mass is 32.2. The predicted molar refractivity (Wildman–Crippen MR) is 85.4 cm³/mol. The van der Waals surface area contributed by atoms with Crippen molar-refractivity contribution in [2.45, 2.75) is 31.3 Å². The van der Waals surface area contributed by atoms with Gasteiger partial charge in [-0.05, 0) is 12.2 Å². The molecule has 11 heteroatoms. The minimum atomic E-state index is -1.23. The second-order valence-corrected chi connectivity index (χ2v) is 5.90. The molecule has 0 saturated carbocycles. The summed E-state index contributed by atoms with van der Waals surface area (Å²) in [5, 5.41) is 21.8. The number of hydrogen-bond acceptors (Lipinski definition) is 7. The van der Waals surface area contributed by atoms with E-state index in [0.29, 0.717) is 5.75 Å². The van der Waals surface area contributed by atoms with Crippen LogP contribution < -0.4 is 16.4 Å². The molecule has 10 nitrogen and oxygen atoms in total. The van der Waals surface area contributed by atoms with E-state index in [2.05, 4.69) is 10.6 Å². The Morgan fingerprint density at radius 3 is 2.42 bits per heavy atom. The number of hydrogen-bond donors (Lipinski definition) is 5. The van der Waals surface area contributed by atoms with Gasteiger partial charge >= 0.3 is 11.9 Å². The van der Waals surface area contributed by atoms with Crippen LogP contribution in [0.1, 0.15) is 19.3 Å². The lowest BCUT2D eigenvalue weighted by molar-refractivity contribution is -0.139. The molecule has 2 unspecified atom stereocenters. The van der Waals surface area contributed by atoms with Crippen LogP contribution >= 0.6 is 11.8 Å². The average Bonchev–Trinajstić information content (AvgIpc) is 2.52. The van der Waals surface area contributed by atoms with Crippen LogP contribution in [0.25, 0.3) is 0 Å². The van der Waals surface area contributed by atoms with Crippen molar-refractivity contribution < 1.29 is 34.2 Å². The summed E-state index contributed by atoms with van der Waals surface area (Å²) in [7, 11) is 0. The Balaban J connectivity index is 4.51. The molecule has 0 spiro atoms. The van der Waals surface area contributed by atoms with Crippen LogP contribution in [0.15, 0.2) is 0 Å². The Morgan fingerprint density at radius 2 is 1.88 bits per heavy atom. The Labute approximate surface area is 142 Å². The molecule has 0 heterocycles. The molecule has 6 N–H and O–H groups in total. The zero-order chi connectivity index (χ0) is 18.5. The zero-order valence-corrected chi connectivity index (χ0v) is 13.7. The number of nitrogens with two attached hydrogens (primary N) is 1. The molecule has 0 radical (unpaired) electrons. The summed E-state index contributed by atoms with van der Waals surface area (Å²) >= 11 is 1.25. The number of amides is 2. The maximum atomic E-state index is 11.9. The van der Waals surface area contributed by atoms with E-state index in [4.69, 9.17) is 15.9 Å². The van der Waals surface area contributed by atoms with Gasteiger partial charge in [-0.1, -0.05) is 0 Å². The Morgan fingerprint density at radius 1 is 1.21 bits per heavy atom. The topological polar surface area (TPSA) is 176 Å². The lowest BCUT2D eigenvalue weighted by Crippen LogP contribution is -2.49. The third-order valence-corrected chi connectivity index (χ3v) is 3.82. The number of thioether (sulfide) groups is 1. The summed E-state index contributed by atoms with van der Waals surface area (Å²) in [6, 6.07) is -2.17. The normalized spacial score (nSPS) is 12.7. The number of aliphatic carboxylic acids is 2. The minimum absolute atomic E-state index is 0.0943. The van der Waals surface area contributed by atoms with E-state index < -0.39 is 42.4 Å². The van der Waals surface area contributed by atoms with Crippen molar-refractivity contribution in [3.8, 4) is 0 Å². The number of rotatable bonds is 13. The molecule has 0 aromatic rings. The van der Waals surface area contributed by atoms with Crippen LogP contribution in [-0.2, 0) is 24.0 Å². The van der Waals surface area contributed by atoms with Gasteiger partial charge in [0.25, 0.3) is 0 Å². The number of carboxylic acids is 2. The lowest BCUT2D eigenvalue weighted by atomic mass is 10.1. The maximum Gasteiger partial charge on any atom is 0.322 e. The molecular formula is C13H21N3O7S. The molecule has 0 aromatic carbocycles. The highest BCUT2D eigenvalue weighted by Crippen LogP contribution is 2.05. The number of carbonyl (C=O) groups excluding carboxylic acids is 3. The molecule has 0 aliphatic rings. The SMILES string of the molecule is NC(CCC(=O)NC(CSCCC=O)C(=O)NCC(=O)O)C(=O)O. The first kappa shape index (κ1) is 21.9. The standard InChI is InChI=1S/C13H21N3O7S/c14-8(13(22)23)2-3-10(18)16-9(7-24-5-1-4-17)12(21)15-6-11(19)20/h4,8-9H,1-3,5-7,14H2,(H,15,21)(H,16,18)(H,19,20)(H,22,23). The quantitative estimate of drug-likeness (QED) is 0.186. The summed E-state index contributed by atoms with van der Waals surface area (Å²) < 4.78 is 0. The molecule has 136 valence electrons. The van der Waals surface area contributed by atoms with Gasteiger partial charge in [0.15, 0.2) is 0 Å².